The monoisotopic (exact) mass is 298 g/mol. The molecule has 1 aromatic carbocycles. The molecule has 19 heavy (non-hydrogen) atoms. The molecule has 102 valence electrons. The minimum absolute atomic E-state index is 0.110. The topological polar surface area (TPSA) is 66.8 Å². The number of hydrazone groups is 1. The summed E-state index contributed by atoms with van der Waals surface area (Å²) in [7, 11) is -3.22. The van der Waals surface area contributed by atoms with Gasteiger partial charge in [0.25, 0.3) is 0 Å². The quantitative estimate of drug-likeness (QED) is 0.860. The van der Waals surface area contributed by atoms with Crippen molar-refractivity contribution in [1.29, 1.82) is 0 Å². The Kier molecular flexibility index (Phi) is 3.96. The Balaban J connectivity index is 2.26. The molecular weight excluding hydrogens is 284 g/mol. The summed E-state index contributed by atoms with van der Waals surface area (Å²) in [6.07, 6.45) is 3.73. The summed E-state index contributed by atoms with van der Waals surface area (Å²) >= 11 is 1.22. The lowest BCUT2D eigenvalue weighted by Gasteiger charge is -2.23. The standard InChI is InChI=1S/C12H14N2O3S2/c1-3-10-8-13-14(12(15)18-10)9-4-6-11(7-5-9)19(2,16)17/h4-8,10H,3H2,1-2H3. The van der Waals surface area contributed by atoms with E-state index in [4.69, 9.17) is 0 Å². The first-order chi connectivity index (χ1) is 8.91. The predicted octanol–water partition coefficient (Wildman–Crippen LogP) is 2.53. The first-order valence-electron chi connectivity index (χ1n) is 5.77. The molecule has 2 rings (SSSR count). The second-order valence-electron chi connectivity index (χ2n) is 4.17. The van der Waals surface area contributed by atoms with Crippen LogP contribution in [0.2, 0.25) is 0 Å². The molecule has 0 N–H and O–H groups in total. The van der Waals surface area contributed by atoms with Gasteiger partial charge in [-0.25, -0.2) is 8.42 Å². The first kappa shape index (κ1) is 14.1. The van der Waals surface area contributed by atoms with E-state index in [1.54, 1.807) is 18.3 Å². The molecule has 0 spiro atoms. The average Bonchev–Trinajstić information content (AvgIpc) is 2.37. The van der Waals surface area contributed by atoms with Crippen molar-refractivity contribution < 1.29 is 13.2 Å². The van der Waals surface area contributed by atoms with Crippen LogP contribution in [0.4, 0.5) is 10.5 Å². The van der Waals surface area contributed by atoms with Gasteiger partial charge in [-0.2, -0.15) is 10.1 Å². The van der Waals surface area contributed by atoms with E-state index in [1.807, 2.05) is 6.92 Å². The van der Waals surface area contributed by atoms with Crippen LogP contribution in [0.1, 0.15) is 13.3 Å². The van der Waals surface area contributed by atoms with Crippen LogP contribution in [0.3, 0.4) is 0 Å². The zero-order chi connectivity index (χ0) is 14.0. The lowest BCUT2D eigenvalue weighted by molar-refractivity contribution is 0.265. The lowest BCUT2D eigenvalue weighted by atomic mass is 10.3. The minimum atomic E-state index is -3.22. The molecule has 0 fully saturated rings. The second kappa shape index (κ2) is 5.34. The number of sulfone groups is 1. The molecule has 0 aromatic heterocycles. The van der Waals surface area contributed by atoms with Crippen molar-refractivity contribution in [2.75, 3.05) is 11.3 Å². The van der Waals surface area contributed by atoms with Gasteiger partial charge in [-0.15, -0.1) is 0 Å². The van der Waals surface area contributed by atoms with Gasteiger partial charge in [-0.3, -0.25) is 4.79 Å². The zero-order valence-corrected chi connectivity index (χ0v) is 12.2. The Bertz CT molecular complexity index is 608. The van der Waals surface area contributed by atoms with Crippen molar-refractivity contribution in [3.05, 3.63) is 24.3 Å². The van der Waals surface area contributed by atoms with Gasteiger partial charge in [0.05, 0.1) is 15.8 Å². The summed E-state index contributed by atoms with van der Waals surface area (Å²) in [6, 6.07) is 6.12. The summed E-state index contributed by atoms with van der Waals surface area (Å²) in [6.45, 7) is 1.99. The molecule has 0 aliphatic carbocycles. The SMILES string of the molecule is CCC1C=NN(c2ccc(S(C)(=O)=O)cc2)C(=O)S1. The highest BCUT2D eigenvalue weighted by Crippen LogP contribution is 2.27. The summed E-state index contributed by atoms with van der Waals surface area (Å²) in [4.78, 5) is 12.1. The molecule has 0 saturated heterocycles. The maximum Gasteiger partial charge on any atom is 0.307 e. The molecule has 1 aromatic rings. The molecule has 0 radical (unpaired) electrons. The third kappa shape index (κ3) is 3.16. The van der Waals surface area contributed by atoms with E-state index in [0.29, 0.717) is 5.69 Å². The molecule has 0 bridgehead atoms. The molecule has 5 nitrogen and oxygen atoms in total. The van der Waals surface area contributed by atoms with Crippen LogP contribution in [-0.2, 0) is 9.84 Å². The molecule has 7 heteroatoms. The van der Waals surface area contributed by atoms with Crippen LogP contribution in [-0.4, -0.2) is 31.4 Å². The fraction of sp³-hybridized carbons (Fsp3) is 0.333. The summed E-state index contributed by atoms with van der Waals surface area (Å²) in [5, 5.41) is 5.35. The summed E-state index contributed by atoms with van der Waals surface area (Å²) < 4.78 is 22.7. The van der Waals surface area contributed by atoms with E-state index in [2.05, 4.69) is 5.10 Å². The van der Waals surface area contributed by atoms with Gasteiger partial charge in [-0.05, 0) is 30.7 Å². The van der Waals surface area contributed by atoms with Crippen LogP contribution < -0.4 is 5.01 Å². The van der Waals surface area contributed by atoms with Gasteiger partial charge < -0.3 is 0 Å². The highest BCUT2D eigenvalue weighted by molar-refractivity contribution is 8.15. The molecule has 1 atom stereocenters. The zero-order valence-electron chi connectivity index (χ0n) is 10.6. The number of thioether (sulfide) groups is 1. The van der Waals surface area contributed by atoms with Crippen LogP contribution in [0.15, 0.2) is 34.3 Å². The number of carbonyl (C=O) groups is 1. The third-order valence-electron chi connectivity index (χ3n) is 2.69. The van der Waals surface area contributed by atoms with Crippen molar-refractivity contribution in [3.63, 3.8) is 0 Å². The molecule has 1 aliphatic rings. The highest BCUT2D eigenvalue weighted by Gasteiger charge is 2.24. The number of benzene rings is 1. The molecule has 1 heterocycles. The summed E-state index contributed by atoms with van der Waals surface area (Å²) in [5.74, 6) is 0. The van der Waals surface area contributed by atoms with E-state index in [1.165, 1.54) is 28.9 Å². The Morgan fingerprint density at radius 1 is 1.32 bits per heavy atom. The first-order valence-corrected chi connectivity index (χ1v) is 8.54. The van der Waals surface area contributed by atoms with Gasteiger partial charge in [0.1, 0.15) is 0 Å². The summed E-state index contributed by atoms with van der Waals surface area (Å²) in [5.41, 5.74) is 0.565. The maximum absolute atomic E-state index is 11.9. The van der Waals surface area contributed by atoms with Crippen molar-refractivity contribution in [2.24, 2.45) is 5.10 Å². The van der Waals surface area contributed by atoms with Crippen molar-refractivity contribution >= 4 is 38.7 Å². The number of nitrogens with zero attached hydrogens (tertiary/aromatic N) is 2. The Morgan fingerprint density at radius 3 is 2.42 bits per heavy atom. The Labute approximate surface area is 116 Å². The predicted molar refractivity (Wildman–Crippen MR) is 77.6 cm³/mol. The molecule has 1 aliphatic heterocycles. The number of anilines is 1. The lowest BCUT2D eigenvalue weighted by Crippen LogP contribution is -2.29. The molecule has 1 unspecified atom stereocenters. The Morgan fingerprint density at radius 2 is 1.95 bits per heavy atom. The maximum atomic E-state index is 11.9. The average molecular weight is 298 g/mol. The van der Waals surface area contributed by atoms with Gasteiger partial charge in [0.15, 0.2) is 9.84 Å². The Hall–Kier alpha value is -1.34. The van der Waals surface area contributed by atoms with Gasteiger partial charge in [0, 0.05) is 12.5 Å². The highest BCUT2D eigenvalue weighted by atomic mass is 32.2. The normalized spacial score (nSPS) is 19.8. The van der Waals surface area contributed by atoms with E-state index in [-0.39, 0.29) is 15.4 Å². The van der Waals surface area contributed by atoms with Crippen molar-refractivity contribution in [2.45, 2.75) is 23.5 Å². The van der Waals surface area contributed by atoms with E-state index < -0.39 is 9.84 Å². The second-order valence-corrected chi connectivity index (χ2v) is 7.38. The van der Waals surface area contributed by atoms with Crippen LogP contribution in [0.5, 0.6) is 0 Å². The van der Waals surface area contributed by atoms with Gasteiger partial charge in [0.2, 0.25) is 0 Å². The molecule has 1 amide bonds. The number of hydrogen-bond acceptors (Lipinski definition) is 5. The number of rotatable bonds is 3. The van der Waals surface area contributed by atoms with Gasteiger partial charge >= 0.3 is 5.24 Å². The fourth-order valence-corrected chi connectivity index (χ4v) is 3.02. The van der Waals surface area contributed by atoms with Gasteiger partial charge in [-0.1, -0.05) is 18.7 Å². The van der Waals surface area contributed by atoms with E-state index >= 15 is 0 Å². The van der Waals surface area contributed by atoms with Crippen LogP contribution in [0.25, 0.3) is 0 Å². The van der Waals surface area contributed by atoms with Crippen molar-refractivity contribution in [3.8, 4) is 0 Å². The largest absolute Gasteiger partial charge is 0.307 e. The number of carbonyl (C=O) groups excluding carboxylic acids is 1. The van der Waals surface area contributed by atoms with E-state index in [9.17, 15) is 13.2 Å². The smallest absolute Gasteiger partial charge is 0.259 e. The van der Waals surface area contributed by atoms with Crippen LogP contribution in [0, 0.1) is 0 Å². The van der Waals surface area contributed by atoms with Crippen LogP contribution >= 0.6 is 11.8 Å². The van der Waals surface area contributed by atoms with Crippen molar-refractivity contribution in [1.82, 2.24) is 0 Å². The molecule has 0 saturated carbocycles. The molecular formula is C12H14N2O3S2. The minimum Gasteiger partial charge on any atom is -0.259 e. The number of hydrogen-bond donors (Lipinski definition) is 0. The van der Waals surface area contributed by atoms with E-state index in [0.717, 1.165) is 12.7 Å². The number of amides is 1. The third-order valence-corrected chi connectivity index (χ3v) is 4.95. The fourth-order valence-electron chi connectivity index (χ4n) is 1.59.